The van der Waals surface area contributed by atoms with Gasteiger partial charge >= 0.3 is 5.97 Å². The molecular formula is C19H18N2O4S2. The zero-order valence-corrected chi connectivity index (χ0v) is 16.7. The molecule has 0 atom stereocenters. The van der Waals surface area contributed by atoms with Crippen LogP contribution in [-0.4, -0.2) is 44.4 Å². The fourth-order valence-electron chi connectivity index (χ4n) is 2.98. The van der Waals surface area contributed by atoms with Gasteiger partial charge in [-0.1, -0.05) is 24.0 Å². The van der Waals surface area contributed by atoms with E-state index in [2.05, 4.69) is 4.57 Å². The Morgan fingerprint density at radius 2 is 1.96 bits per heavy atom. The van der Waals surface area contributed by atoms with Crippen molar-refractivity contribution in [3.05, 3.63) is 52.2 Å². The molecule has 1 amide bonds. The van der Waals surface area contributed by atoms with E-state index < -0.39 is 12.5 Å². The lowest BCUT2D eigenvalue weighted by atomic mass is 10.2. The van der Waals surface area contributed by atoms with E-state index in [0.29, 0.717) is 4.91 Å². The third-order valence-electron chi connectivity index (χ3n) is 4.25. The molecule has 2 aromatic rings. The van der Waals surface area contributed by atoms with Crippen molar-refractivity contribution in [1.29, 1.82) is 0 Å². The van der Waals surface area contributed by atoms with Crippen LogP contribution < -0.4 is 4.74 Å². The van der Waals surface area contributed by atoms with Crippen molar-refractivity contribution in [2.24, 2.45) is 0 Å². The van der Waals surface area contributed by atoms with Crippen molar-refractivity contribution < 1.29 is 19.4 Å². The smallest absolute Gasteiger partial charge is 0.323 e. The molecule has 27 heavy (non-hydrogen) atoms. The van der Waals surface area contributed by atoms with E-state index in [-0.39, 0.29) is 10.2 Å². The van der Waals surface area contributed by atoms with Gasteiger partial charge in [0.05, 0.1) is 12.0 Å². The van der Waals surface area contributed by atoms with E-state index in [0.717, 1.165) is 45.1 Å². The lowest BCUT2D eigenvalue weighted by Gasteiger charge is -2.10. The maximum absolute atomic E-state index is 12.5. The van der Waals surface area contributed by atoms with Gasteiger partial charge in [0.1, 0.15) is 16.6 Å². The van der Waals surface area contributed by atoms with Gasteiger partial charge in [-0.05, 0) is 55.8 Å². The summed E-state index contributed by atoms with van der Waals surface area (Å²) in [5, 5.41) is 8.94. The Bertz CT molecular complexity index is 961. The Morgan fingerprint density at radius 3 is 2.56 bits per heavy atom. The molecular weight excluding hydrogens is 384 g/mol. The fourth-order valence-corrected chi connectivity index (χ4v) is 4.22. The molecule has 2 heterocycles. The number of aliphatic carboxylic acids is 1. The lowest BCUT2D eigenvalue weighted by molar-refractivity contribution is -0.140. The van der Waals surface area contributed by atoms with E-state index in [1.165, 1.54) is 0 Å². The number of ether oxygens (including phenoxy) is 1. The molecule has 6 nitrogen and oxygen atoms in total. The van der Waals surface area contributed by atoms with Gasteiger partial charge < -0.3 is 14.4 Å². The van der Waals surface area contributed by atoms with Crippen LogP contribution in [0, 0.1) is 13.8 Å². The fraction of sp³-hybridized carbons (Fsp3) is 0.211. The predicted octanol–water partition coefficient (Wildman–Crippen LogP) is 3.39. The quantitative estimate of drug-likeness (QED) is 0.611. The van der Waals surface area contributed by atoms with Crippen molar-refractivity contribution >= 4 is 46.3 Å². The number of rotatable bonds is 5. The van der Waals surface area contributed by atoms with Crippen LogP contribution in [0.25, 0.3) is 11.8 Å². The zero-order valence-electron chi connectivity index (χ0n) is 15.1. The van der Waals surface area contributed by atoms with Crippen LogP contribution in [0.1, 0.15) is 17.0 Å². The van der Waals surface area contributed by atoms with Crippen molar-refractivity contribution in [2.75, 3.05) is 13.7 Å². The summed E-state index contributed by atoms with van der Waals surface area (Å²) in [6.07, 6.45) is 1.77. The van der Waals surface area contributed by atoms with Crippen LogP contribution in [0.3, 0.4) is 0 Å². The average Bonchev–Trinajstić information content (AvgIpc) is 3.05. The molecule has 8 heteroatoms. The molecule has 1 aromatic heterocycles. The number of aryl methyl sites for hydroxylation is 1. The molecule has 0 radical (unpaired) electrons. The summed E-state index contributed by atoms with van der Waals surface area (Å²) in [5.41, 5.74) is 3.87. The third-order valence-corrected chi connectivity index (χ3v) is 5.63. The van der Waals surface area contributed by atoms with Gasteiger partial charge in [0.15, 0.2) is 0 Å². The van der Waals surface area contributed by atoms with Gasteiger partial charge in [-0.15, -0.1) is 0 Å². The van der Waals surface area contributed by atoms with Crippen molar-refractivity contribution in [3.8, 4) is 11.4 Å². The number of nitrogens with zero attached hydrogens (tertiary/aromatic N) is 2. The zero-order chi connectivity index (χ0) is 19.7. The number of aromatic nitrogens is 1. The lowest BCUT2D eigenvalue weighted by Crippen LogP contribution is -2.33. The van der Waals surface area contributed by atoms with E-state index in [1.807, 2.05) is 44.2 Å². The topological polar surface area (TPSA) is 71.8 Å². The highest BCUT2D eigenvalue weighted by Gasteiger charge is 2.33. The van der Waals surface area contributed by atoms with E-state index in [9.17, 15) is 9.59 Å². The van der Waals surface area contributed by atoms with Gasteiger partial charge in [0.25, 0.3) is 5.91 Å². The molecule has 1 saturated heterocycles. The molecule has 0 unspecified atom stereocenters. The summed E-state index contributed by atoms with van der Waals surface area (Å²) >= 11 is 6.26. The van der Waals surface area contributed by atoms with Gasteiger partial charge in [-0.25, -0.2) is 0 Å². The van der Waals surface area contributed by atoms with Crippen LogP contribution in [0.5, 0.6) is 5.75 Å². The molecule has 1 aromatic carbocycles. The Hall–Kier alpha value is -2.58. The number of carboxylic acid groups (broad SMARTS) is 1. The number of hydrogen-bond donors (Lipinski definition) is 1. The highest BCUT2D eigenvalue weighted by molar-refractivity contribution is 8.26. The Morgan fingerprint density at radius 1 is 1.30 bits per heavy atom. The first-order chi connectivity index (χ1) is 12.8. The first-order valence-corrected chi connectivity index (χ1v) is 9.35. The first kappa shape index (κ1) is 19.2. The van der Waals surface area contributed by atoms with Gasteiger partial charge in [0.2, 0.25) is 0 Å². The Balaban J connectivity index is 1.95. The second-order valence-corrected chi connectivity index (χ2v) is 7.70. The number of amides is 1. The molecule has 0 aliphatic carbocycles. The maximum Gasteiger partial charge on any atom is 0.323 e. The summed E-state index contributed by atoms with van der Waals surface area (Å²) in [5.74, 6) is -0.685. The van der Waals surface area contributed by atoms with Crippen LogP contribution in [-0.2, 0) is 9.59 Å². The number of carbonyl (C=O) groups excluding carboxylic acids is 1. The highest BCUT2D eigenvalue weighted by atomic mass is 32.2. The molecule has 0 saturated carbocycles. The molecule has 1 N–H and O–H groups in total. The van der Waals surface area contributed by atoms with Crippen LogP contribution in [0.2, 0.25) is 0 Å². The molecule has 1 fully saturated rings. The summed E-state index contributed by atoms with van der Waals surface area (Å²) < 4.78 is 7.55. The van der Waals surface area contributed by atoms with Crippen LogP contribution in [0.15, 0.2) is 35.2 Å². The largest absolute Gasteiger partial charge is 0.497 e. The number of hydrogen-bond acceptors (Lipinski definition) is 5. The van der Waals surface area contributed by atoms with Gasteiger partial charge in [-0.3, -0.25) is 14.5 Å². The van der Waals surface area contributed by atoms with Gasteiger partial charge in [-0.2, -0.15) is 0 Å². The van der Waals surface area contributed by atoms with Crippen molar-refractivity contribution in [3.63, 3.8) is 0 Å². The summed E-state index contributed by atoms with van der Waals surface area (Å²) in [6, 6.07) is 9.71. The molecule has 1 aliphatic rings. The van der Waals surface area contributed by atoms with Crippen LogP contribution in [0.4, 0.5) is 0 Å². The first-order valence-electron chi connectivity index (χ1n) is 8.12. The summed E-state index contributed by atoms with van der Waals surface area (Å²) in [6.45, 7) is 3.54. The minimum absolute atomic E-state index is 0.262. The minimum Gasteiger partial charge on any atom is -0.497 e. The van der Waals surface area contributed by atoms with E-state index in [1.54, 1.807) is 13.2 Å². The minimum atomic E-state index is -1.09. The predicted molar refractivity (Wildman–Crippen MR) is 109 cm³/mol. The van der Waals surface area contributed by atoms with E-state index >= 15 is 0 Å². The van der Waals surface area contributed by atoms with E-state index in [4.69, 9.17) is 22.1 Å². The van der Waals surface area contributed by atoms with Gasteiger partial charge in [0, 0.05) is 17.1 Å². The van der Waals surface area contributed by atoms with Crippen molar-refractivity contribution in [2.45, 2.75) is 13.8 Å². The third kappa shape index (κ3) is 3.77. The molecule has 0 bridgehead atoms. The average molecular weight is 402 g/mol. The van der Waals surface area contributed by atoms with Crippen LogP contribution >= 0.6 is 24.0 Å². The monoisotopic (exact) mass is 402 g/mol. The second-order valence-electron chi connectivity index (χ2n) is 6.02. The summed E-state index contributed by atoms with van der Waals surface area (Å²) in [7, 11) is 1.62. The molecule has 140 valence electrons. The summed E-state index contributed by atoms with van der Waals surface area (Å²) in [4.78, 5) is 24.9. The molecule has 0 spiro atoms. The standard InChI is InChI=1S/C19H18N2O4S2/c1-11-8-13(9-16-18(24)20(10-17(22)23)19(26)27-16)12(2)21(11)14-4-6-15(25-3)7-5-14/h4-9H,10H2,1-3H3,(H,22,23). The maximum atomic E-state index is 12.5. The number of thiocarbonyl (C=S) groups is 1. The Labute approximate surface area is 166 Å². The molecule has 3 rings (SSSR count). The number of carbonyl (C=O) groups is 2. The van der Waals surface area contributed by atoms with Crippen molar-refractivity contribution in [1.82, 2.24) is 9.47 Å². The number of thioether (sulfide) groups is 1. The number of benzene rings is 1. The second kappa shape index (κ2) is 7.58. The Kier molecular flexibility index (Phi) is 5.38. The SMILES string of the molecule is COc1ccc(-n2c(C)cc(C=C3SC(=S)N(CC(=O)O)C3=O)c2C)cc1. The number of carboxylic acids is 1. The highest BCUT2D eigenvalue weighted by Crippen LogP contribution is 2.34. The normalized spacial score (nSPS) is 15.7. The number of methoxy groups -OCH3 is 1. The molecule has 1 aliphatic heterocycles.